The molecule has 3 nitrogen and oxygen atoms in total. The molecule has 142 valence electrons. The number of hydrogen-bond acceptors (Lipinski definition) is 3. The van der Waals surface area contributed by atoms with Crippen LogP contribution in [0.1, 0.15) is 65.0 Å². The van der Waals surface area contributed by atoms with Crippen LogP contribution in [0.4, 0.5) is 0 Å². The quantitative estimate of drug-likeness (QED) is 0.797. The van der Waals surface area contributed by atoms with Gasteiger partial charge in [0.25, 0.3) is 0 Å². The minimum Gasteiger partial charge on any atom is -0.388 e. The Balaban J connectivity index is 0.000000372. The van der Waals surface area contributed by atoms with Crippen LogP contribution in [0.3, 0.4) is 0 Å². The summed E-state index contributed by atoms with van der Waals surface area (Å²) in [5, 5.41) is 3.01. The first kappa shape index (κ1) is 23.4. The van der Waals surface area contributed by atoms with Crippen LogP contribution in [0.5, 0.6) is 0 Å². The molecule has 1 aliphatic heterocycles. The van der Waals surface area contributed by atoms with E-state index < -0.39 is 0 Å². The average Bonchev–Trinajstić information content (AvgIpc) is 2.54. The number of carbonyl (C=O) groups excluding carboxylic acids is 1. The fourth-order valence-electron chi connectivity index (χ4n) is 2.04. The molecule has 0 amide bonds. The van der Waals surface area contributed by atoms with E-state index in [1.807, 2.05) is 19.2 Å². The molecule has 0 unspecified atom stereocenters. The van der Waals surface area contributed by atoms with Gasteiger partial charge in [0.05, 0.1) is 0 Å². The predicted octanol–water partition coefficient (Wildman–Crippen LogP) is 5.38. The van der Waals surface area contributed by atoms with Gasteiger partial charge in [0.2, 0.25) is 0 Å². The molecule has 1 fully saturated rings. The zero-order valence-electron chi connectivity index (χ0n) is 17.2. The maximum Gasteiger partial charge on any atom is 0.158 e. The van der Waals surface area contributed by atoms with Crippen molar-refractivity contribution in [1.82, 2.24) is 5.32 Å². The van der Waals surface area contributed by atoms with Gasteiger partial charge in [0, 0.05) is 19.4 Å². The molecular weight excluding hydrogens is 310 g/mol. The molecule has 1 aromatic rings. The zero-order valence-corrected chi connectivity index (χ0v) is 17.2. The highest BCUT2D eigenvalue weighted by molar-refractivity contribution is 5.80. The van der Waals surface area contributed by atoms with Crippen LogP contribution in [-0.4, -0.2) is 25.5 Å². The number of ether oxygens (including phenoxy) is 1. The van der Waals surface area contributed by atoms with E-state index in [1.165, 1.54) is 5.56 Å². The highest BCUT2D eigenvalue weighted by Gasteiger charge is 2.17. The molecule has 25 heavy (non-hydrogen) atoms. The highest BCUT2D eigenvalue weighted by Crippen LogP contribution is 2.12. The van der Waals surface area contributed by atoms with Crippen LogP contribution in [0.25, 0.3) is 5.70 Å². The first-order chi connectivity index (χ1) is 11.5. The van der Waals surface area contributed by atoms with E-state index in [-0.39, 0.29) is 11.9 Å². The van der Waals surface area contributed by atoms with E-state index in [2.05, 4.69) is 58.6 Å². The Hall–Kier alpha value is -1.61. The SMILES string of the molecule is C=C(NC)c1cccc(C)c1.CC(=O)[C@@H]1CCCCO1.CC(C)(C)C. The van der Waals surface area contributed by atoms with Gasteiger partial charge in [-0.1, -0.05) is 58.0 Å². The van der Waals surface area contributed by atoms with Crippen molar-refractivity contribution in [3.63, 3.8) is 0 Å². The van der Waals surface area contributed by atoms with Crippen molar-refractivity contribution in [1.29, 1.82) is 0 Å². The molecule has 1 aliphatic rings. The van der Waals surface area contributed by atoms with Crippen molar-refractivity contribution < 1.29 is 9.53 Å². The Morgan fingerprint density at radius 3 is 2.20 bits per heavy atom. The molecule has 1 N–H and O–H groups in total. The third kappa shape index (κ3) is 13.4. The molecule has 1 heterocycles. The van der Waals surface area contributed by atoms with Gasteiger partial charge in [0.1, 0.15) is 6.10 Å². The lowest BCUT2D eigenvalue weighted by Gasteiger charge is -2.19. The fraction of sp³-hybridized carbons (Fsp3) is 0.591. The van der Waals surface area contributed by atoms with E-state index >= 15 is 0 Å². The van der Waals surface area contributed by atoms with Crippen molar-refractivity contribution in [2.75, 3.05) is 13.7 Å². The summed E-state index contributed by atoms with van der Waals surface area (Å²) in [5.41, 5.74) is 3.89. The number of hydrogen-bond donors (Lipinski definition) is 1. The van der Waals surface area contributed by atoms with Gasteiger partial charge in [-0.3, -0.25) is 4.79 Å². The third-order valence-corrected chi connectivity index (χ3v) is 3.30. The molecule has 0 aliphatic carbocycles. The second-order valence-corrected chi connectivity index (χ2v) is 8.06. The van der Waals surface area contributed by atoms with Gasteiger partial charge in [-0.05, 0) is 50.2 Å². The van der Waals surface area contributed by atoms with Crippen molar-refractivity contribution in [2.45, 2.75) is 66.9 Å². The molecule has 0 aromatic heterocycles. The third-order valence-electron chi connectivity index (χ3n) is 3.30. The average molecular weight is 348 g/mol. The van der Waals surface area contributed by atoms with Crippen molar-refractivity contribution in [3.8, 4) is 0 Å². The second-order valence-electron chi connectivity index (χ2n) is 8.06. The zero-order chi connectivity index (χ0) is 19.5. The van der Waals surface area contributed by atoms with E-state index in [0.717, 1.165) is 37.1 Å². The molecular formula is C22H37NO2. The number of nitrogens with one attached hydrogen (secondary N) is 1. The van der Waals surface area contributed by atoms with E-state index in [4.69, 9.17) is 4.74 Å². The Labute approximate surface area is 154 Å². The van der Waals surface area contributed by atoms with Crippen LogP contribution in [-0.2, 0) is 9.53 Å². The summed E-state index contributed by atoms with van der Waals surface area (Å²) < 4.78 is 5.19. The van der Waals surface area contributed by atoms with Crippen molar-refractivity contribution in [3.05, 3.63) is 42.0 Å². The molecule has 0 radical (unpaired) electrons. The summed E-state index contributed by atoms with van der Waals surface area (Å²) in [6.45, 7) is 17.1. The summed E-state index contributed by atoms with van der Waals surface area (Å²) in [7, 11) is 1.88. The number of Topliss-reactive ketones (excluding diaryl/α,β-unsaturated/α-hetero) is 1. The van der Waals surface area contributed by atoms with E-state index in [1.54, 1.807) is 6.92 Å². The molecule has 0 saturated carbocycles. The summed E-state index contributed by atoms with van der Waals surface area (Å²) in [6.07, 6.45) is 3.10. The monoisotopic (exact) mass is 347 g/mol. The standard InChI is InChI=1S/C10H13N.C7H12O2.C5H12/c1-8-5-4-6-10(7-8)9(2)11-3;1-6(8)7-4-2-3-5-9-7;1-5(2,3)4/h4-7,11H,2H2,1,3H3;7H,2-5H2,1H3;1-4H3/t;7-;/m.0./s1. The minimum atomic E-state index is -0.0845. The maximum absolute atomic E-state index is 10.7. The lowest BCUT2D eigenvalue weighted by atomic mass is 10.0. The van der Waals surface area contributed by atoms with Gasteiger partial charge in [-0.15, -0.1) is 0 Å². The summed E-state index contributed by atoms with van der Waals surface area (Å²) >= 11 is 0. The first-order valence-electron chi connectivity index (χ1n) is 9.10. The number of carbonyl (C=O) groups is 1. The maximum atomic E-state index is 10.7. The summed E-state index contributed by atoms with van der Waals surface area (Å²) in [4.78, 5) is 10.7. The van der Waals surface area contributed by atoms with Crippen LogP contribution < -0.4 is 5.32 Å². The molecule has 1 atom stereocenters. The van der Waals surface area contributed by atoms with Crippen LogP contribution in [0, 0.1) is 12.3 Å². The largest absolute Gasteiger partial charge is 0.388 e. The van der Waals surface area contributed by atoms with E-state index in [9.17, 15) is 4.79 Å². The smallest absolute Gasteiger partial charge is 0.158 e. The van der Waals surface area contributed by atoms with Crippen molar-refractivity contribution >= 4 is 11.5 Å². The number of ketones is 1. The number of rotatable bonds is 3. The van der Waals surface area contributed by atoms with E-state index in [0.29, 0.717) is 5.41 Å². The van der Waals surface area contributed by atoms with Gasteiger partial charge in [-0.25, -0.2) is 0 Å². The molecule has 3 heteroatoms. The predicted molar refractivity (Wildman–Crippen MR) is 109 cm³/mol. The molecule has 0 spiro atoms. The highest BCUT2D eigenvalue weighted by atomic mass is 16.5. The first-order valence-corrected chi connectivity index (χ1v) is 9.10. The molecule has 1 aromatic carbocycles. The molecule has 2 rings (SSSR count). The van der Waals surface area contributed by atoms with Gasteiger partial charge in [-0.2, -0.15) is 0 Å². The molecule has 0 bridgehead atoms. The van der Waals surface area contributed by atoms with Gasteiger partial charge >= 0.3 is 0 Å². The lowest BCUT2D eigenvalue weighted by Crippen LogP contribution is -2.25. The summed E-state index contributed by atoms with van der Waals surface area (Å²) in [6, 6.07) is 8.27. The lowest BCUT2D eigenvalue weighted by molar-refractivity contribution is -0.130. The van der Waals surface area contributed by atoms with Crippen LogP contribution in [0.15, 0.2) is 30.8 Å². The van der Waals surface area contributed by atoms with Crippen LogP contribution >= 0.6 is 0 Å². The second kappa shape index (κ2) is 11.9. The minimum absolute atomic E-state index is 0.0845. The van der Waals surface area contributed by atoms with Gasteiger partial charge in [0.15, 0.2) is 5.78 Å². The van der Waals surface area contributed by atoms with Crippen molar-refractivity contribution in [2.24, 2.45) is 5.41 Å². The Bertz CT molecular complexity index is 517. The molecule has 1 saturated heterocycles. The Kier molecular flexibility index (Phi) is 11.1. The normalized spacial score (nSPS) is 16.5. The Morgan fingerprint density at radius 2 is 1.84 bits per heavy atom. The topological polar surface area (TPSA) is 38.3 Å². The van der Waals surface area contributed by atoms with Gasteiger partial charge < -0.3 is 10.1 Å². The fourth-order valence-corrected chi connectivity index (χ4v) is 2.04. The number of benzene rings is 1. The Morgan fingerprint density at radius 1 is 1.24 bits per heavy atom. The summed E-state index contributed by atoms with van der Waals surface area (Å²) in [5.74, 6) is 0.176. The number of aryl methyl sites for hydroxylation is 1. The van der Waals surface area contributed by atoms with Crippen LogP contribution in [0.2, 0.25) is 0 Å².